The second-order valence-electron chi connectivity index (χ2n) is 8.93. The molecule has 6 aromatic rings. The van der Waals surface area contributed by atoms with Gasteiger partial charge in [0.25, 0.3) is 0 Å². The van der Waals surface area contributed by atoms with Crippen LogP contribution >= 0.6 is 0 Å². The van der Waals surface area contributed by atoms with E-state index in [2.05, 4.69) is 40.4 Å². The van der Waals surface area contributed by atoms with Crippen LogP contribution in [0.15, 0.2) is 61.3 Å². The van der Waals surface area contributed by atoms with Crippen LogP contribution in [-0.4, -0.2) is 51.4 Å². The van der Waals surface area contributed by atoms with E-state index in [9.17, 15) is 5.11 Å². The van der Waals surface area contributed by atoms with Crippen LogP contribution in [0.1, 0.15) is 13.8 Å². The van der Waals surface area contributed by atoms with Gasteiger partial charge in [-0.05, 0) is 30.2 Å². The average Bonchev–Trinajstić information content (AvgIpc) is 3.54. The van der Waals surface area contributed by atoms with E-state index in [1.807, 2.05) is 32.0 Å². The molecule has 4 N–H and O–H groups in total. The predicted molar refractivity (Wildman–Crippen MR) is 138 cm³/mol. The Morgan fingerprint density at radius 3 is 2.73 bits per heavy atom. The number of hydrogen-bond acceptors (Lipinski definition) is 8. The Hall–Kier alpha value is -4.77. The van der Waals surface area contributed by atoms with E-state index >= 15 is 4.39 Å². The van der Waals surface area contributed by atoms with E-state index < -0.39 is 12.0 Å². The van der Waals surface area contributed by atoms with Crippen LogP contribution in [0.5, 0.6) is 0 Å². The quantitative estimate of drug-likeness (QED) is 0.247. The number of fused-ring (bicyclic) bond motifs is 2. The van der Waals surface area contributed by atoms with Crippen LogP contribution < -0.4 is 5.32 Å². The summed E-state index contributed by atoms with van der Waals surface area (Å²) >= 11 is 0. The number of aromatic amines is 2. The number of aliphatic hydroxyl groups excluding tert-OH is 1. The summed E-state index contributed by atoms with van der Waals surface area (Å²) in [7, 11) is 0. The van der Waals surface area contributed by atoms with E-state index in [1.54, 1.807) is 36.9 Å². The molecule has 0 saturated carbocycles. The Balaban J connectivity index is 1.45. The lowest BCUT2D eigenvalue weighted by Gasteiger charge is -2.17. The molecule has 0 aliphatic carbocycles. The summed E-state index contributed by atoms with van der Waals surface area (Å²) in [4.78, 5) is 25.4. The van der Waals surface area contributed by atoms with Gasteiger partial charge in [-0.1, -0.05) is 19.9 Å². The molecule has 1 unspecified atom stereocenters. The highest BCUT2D eigenvalue weighted by Crippen LogP contribution is 2.34. The molecule has 0 aliphatic heterocycles. The molecule has 0 spiro atoms. The SMILES string of the molecule is CC(C)C(O)Nc1cncc(-c2cnc3n[nH]c(-c4nc5c(-c6ccccn6)nccc5[nH]4)c3c2F)c1. The fourth-order valence-corrected chi connectivity index (χ4v) is 4.07. The number of aliphatic hydroxyl groups is 1. The molecule has 6 heterocycles. The van der Waals surface area contributed by atoms with Crippen molar-refractivity contribution in [3.63, 3.8) is 0 Å². The highest BCUT2D eigenvalue weighted by Gasteiger charge is 2.21. The lowest BCUT2D eigenvalue weighted by Crippen LogP contribution is -2.24. The van der Waals surface area contributed by atoms with Crippen molar-refractivity contribution in [1.82, 2.24) is 40.1 Å². The second-order valence-corrected chi connectivity index (χ2v) is 8.93. The molecule has 11 heteroatoms. The van der Waals surface area contributed by atoms with Gasteiger partial charge in [-0.2, -0.15) is 5.10 Å². The first-order valence-electron chi connectivity index (χ1n) is 11.7. The van der Waals surface area contributed by atoms with Gasteiger partial charge < -0.3 is 15.4 Å². The fourth-order valence-electron chi connectivity index (χ4n) is 4.07. The molecule has 0 amide bonds. The molecule has 0 fully saturated rings. The van der Waals surface area contributed by atoms with Gasteiger partial charge in [0.1, 0.15) is 28.9 Å². The van der Waals surface area contributed by atoms with Gasteiger partial charge in [0.2, 0.25) is 0 Å². The van der Waals surface area contributed by atoms with Crippen molar-refractivity contribution in [2.45, 2.75) is 20.1 Å². The molecular weight excluding hydrogens is 473 g/mol. The molecule has 10 nitrogen and oxygen atoms in total. The Morgan fingerprint density at radius 2 is 1.92 bits per heavy atom. The normalized spacial score (nSPS) is 12.5. The zero-order chi connectivity index (χ0) is 25.5. The first kappa shape index (κ1) is 22.7. The van der Waals surface area contributed by atoms with Crippen LogP contribution in [-0.2, 0) is 0 Å². The summed E-state index contributed by atoms with van der Waals surface area (Å²) in [5.41, 5.74) is 4.53. The molecule has 0 saturated heterocycles. The molecule has 0 radical (unpaired) electrons. The Labute approximate surface area is 210 Å². The topological polar surface area (TPSA) is 141 Å². The van der Waals surface area contributed by atoms with Crippen molar-refractivity contribution in [2.24, 2.45) is 5.92 Å². The van der Waals surface area contributed by atoms with Crippen LogP contribution in [0.4, 0.5) is 10.1 Å². The number of H-pyrrole nitrogens is 2. The van der Waals surface area contributed by atoms with Crippen LogP contribution in [0.25, 0.3) is 56.1 Å². The maximum Gasteiger partial charge on any atom is 0.184 e. The zero-order valence-corrected chi connectivity index (χ0v) is 19.9. The molecule has 184 valence electrons. The molecule has 0 aliphatic rings. The number of halogens is 1. The van der Waals surface area contributed by atoms with Crippen LogP contribution in [0, 0.1) is 11.7 Å². The summed E-state index contributed by atoms with van der Waals surface area (Å²) in [6.45, 7) is 3.78. The summed E-state index contributed by atoms with van der Waals surface area (Å²) in [6.07, 6.45) is 7.14. The monoisotopic (exact) mass is 495 g/mol. The van der Waals surface area contributed by atoms with Crippen LogP contribution in [0.2, 0.25) is 0 Å². The lowest BCUT2D eigenvalue weighted by molar-refractivity contribution is 0.153. The number of aromatic nitrogens is 8. The van der Waals surface area contributed by atoms with E-state index in [1.165, 1.54) is 6.20 Å². The van der Waals surface area contributed by atoms with E-state index in [0.29, 0.717) is 39.7 Å². The third-order valence-electron chi connectivity index (χ3n) is 6.06. The minimum absolute atomic E-state index is 0.0101. The molecule has 6 aromatic heterocycles. The van der Waals surface area contributed by atoms with Crippen molar-refractivity contribution in [3.8, 4) is 34.0 Å². The van der Waals surface area contributed by atoms with Crippen molar-refractivity contribution < 1.29 is 9.50 Å². The van der Waals surface area contributed by atoms with Gasteiger partial charge in [-0.3, -0.25) is 20.1 Å². The third-order valence-corrected chi connectivity index (χ3v) is 6.06. The number of anilines is 1. The Kier molecular flexibility index (Phi) is 5.53. The zero-order valence-electron chi connectivity index (χ0n) is 19.9. The molecular formula is C26H22FN9O. The van der Waals surface area contributed by atoms with Crippen molar-refractivity contribution in [1.29, 1.82) is 0 Å². The Bertz CT molecular complexity index is 1730. The first-order chi connectivity index (χ1) is 18.0. The number of pyridine rings is 4. The maximum atomic E-state index is 16.0. The summed E-state index contributed by atoms with van der Waals surface area (Å²) in [5, 5.41) is 20.4. The number of rotatable bonds is 6. The maximum absolute atomic E-state index is 16.0. The van der Waals surface area contributed by atoms with Gasteiger partial charge in [0.15, 0.2) is 11.5 Å². The smallest absolute Gasteiger partial charge is 0.184 e. The molecule has 6 rings (SSSR count). The van der Waals surface area contributed by atoms with E-state index in [4.69, 9.17) is 4.98 Å². The number of nitrogens with one attached hydrogen (secondary N) is 3. The van der Waals surface area contributed by atoms with Crippen molar-refractivity contribution in [3.05, 3.63) is 67.1 Å². The Morgan fingerprint density at radius 1 is 1.03 bits per heavy atom. The van der Waals surface area contributed by atoms with Gasteiger partial charge in [0.05, 0.1) is 28.5 Å². The number of hydrogen-bond donors (Lipinski definition) is 4. The average molecular weight is 496 g/mol. The largest absolute Gasteiger partial charge is 0.374 e. The minimum atomic E-state index is -0.762. The van der Waals surface area contributed by atoms with Crippen molar-refractivity contribution in [2.75, 3.05) is 5.32 Å². The fraction of sp³-hybridized carbons (Fsp3) is 0.154. The number of nitrogens with zero attached hydrogens (tertiary/aromatic N) is 6. The van der Waals surface area contributed by atoms with Crippen molar-refractivity contribution >= 4 is 27.8 Å². The van der Waals surface area contributed by atoms with Gasteiger partial charge in [-0.15, -0.1) is 0 Å². The summed E-state index contributed by atoms with van der Waals surface area (Å²) in [6, 6.07) is 9.08. The molecule has 1 atom stereocenters. The third kappa shape index (κ3) is 4.04. The van der Waals surface area contributed by atoms with Gasteiger partial charge in [-0.25, -0.2) is 14.4 Å². The van der Waals surface area contributed by atoms with Gasteiger partial charge in [0, 0.05) is 35.9 Å². The highest BCUT2D eigenvalue weighted by atomic mass is 19.1. The summed E-state index contributed by atoms with van der Waals surface area (Å²) < 4.78 is 16.0. The van der Waals surface area contributed by atoms with E-state index in [0.717, 1.165) is 5.52 Å². The number of imidazole rings is 1. The lowest BCUT2D eigenvalue weighted by atomic mass is 10.1. The van der Waals surface area contributed by atoms with E-state index in [-0.39, 0.29) is 22.5 Å². The molecule has 0 bridgehead atoms. The summed E-state index contributed by atoms with van der Waals surface area (Å²) in [5.74, 6) is -0.126. The van der Waals surface area contributed by atoms with Gasteiger partial charge >= 0.3 is 0 Å². The highest BCUT2D eigenvalue weighted by molar-refractivity contribution is 5.96. The second kappa shape index (κ2) is 9.03. The standard InChI is InChI=1S/C26H22FN9O/c1-13(2)26(37)32-15-9-14(10-28-11-15)16-12-31-24-19(20(16)27)23(35-36-24)25-33-18-6-8-30-21(22(18)34-25)17-5-3-4-7-29-17/h3-13,26,32,37H,1-2H3,(H,33,34)(H,31,35,36). The minimum Gasteiger partial charge on any atom is -0.374 e. The predicted octanol–water partition coefficient (Wildman–Crippen LogP) is 4.55. The molecule has 37 heavy (non-hydrogen) atoms. The van der Waals surface area contributed by atoms with Crippen LogP contribution in [0.3, 0.4) is 0 Å². The molecule has 0 aromatic carbocycles. The first-order valence-corrected chi connectivity index (χ1v) is 11.7.